The molecule has 0 aromatic carbocycles. The van der Waals surface area contributed by atoms with Gasteiger partial charge in [0.1, 0.15) is 0 Å². The highest BCUT2D eigenvalue weighted by Gasteiger charge is 2.38. The molecule has 1 saturated carbocycles. The fraction of sp³-hybridized carbons (Fsp3) is 0.909. The van der Waals surface area contributed by atoms with Gasteiger partial charge in [-0.05, 0) is 18.3 Å². The number of nitrogens with one attached hydrogen (secondary N) is 1. The van der Waals surface area contributed by atoms with Crippen molar-refractivity contribution >= 4 is 15.9 Å². The van der Waals surface area contributed by atoms with Crippen LogP contribution in [0.15, 0.2) is 0 Å². The Morgan fingerprint density at radius 1 is 1.41 bits per heavy atom. The second-order valence-electron chi connectivity index (χ2n) is 5.93. The standard InChI is InChI=1S/C11H23N3O2S/c1-11(2,3)8-17(15,16)14(9-4-5-9)7-6-10(12)13/h9H,4-8H2,1-3H3,(H3,12,13). The molecule has 1 fully saturated rings. The largest absolute Gasteiger partial charge is 0.388 e. The molecule has 6 heteroatoms. The molecular weight excluding hydrogens is 238 g/mol. The van der Waals surface area contributed by atoms with Gasteiger partial charge in [0.2, 0.25) is 10.0 Å². The van der Waals surface area contributed by atoms with Crippen LogP contribution in [0.5, 0.6) is 0 Å². The van der Waals surface area contributed by atoms with E-state index >= 15 is 0 Å². The summed E-state index contributed by atoms with van der Waals surface area (Å²) in [6.45, 7) is 6.10. The number of sulfonamides is 1. The monoisotopic (exact) mass is 261 g/mol. The zero-order valence-corrected chi connectivity index (χ0v) is 11.7. The van der Waals surface area contributed by atoms with Gasteiger partial charge in [-0.1, -0.05) is 20.8 Å². The van der Waals surface area contributed by atoms with Gasteiger partial charge < -0.3 is 5.73 Å². The maximum absolute atomic E-state index is 12.3. The number of nitrogens with zero attached hydrogens (tertiary/aromatic N) is 1. The maximum atomic E-state index is 12.3. The highest BCUT2D eigenvalue weighted by molar-refractivity contribution is 7.89. The average molecular weight is 261 g/mol. The fourth-order valence-electron chi connectivity index (χ4n) is 1.77. The highest BCUT2D eigenvalue weighted by Crippen LogP contribution is 2.31. The van der Waals surface area contributed by atoms with E-state index < -0.39 is 10.0 Å². The number of amidine groups is 1. The molecule has 3 N–H and O–H groups in total. The molecular formula is C11H23N3O2S. The summed E-state index contributed by atoms with van der Waals surface area (Å²) < 4.78 is 26.1. The third-order valence-electron chi connectivity index (χ3n) is 2.53. The van der Waals surface area contributed by atoms with Crippen LogP contribution >= 0.6 is 0 Å². The van der Waals surface area contributed by atoms with E-state index in [1.54, 1.807) is 4.31 Å². The van der Waals surface area contributed by atoms with Crippen LogP contribution in [0, 0.1) is 10.8 Å². The van der Waals surface area contributed by atoms with E-state index in [1.807, 2.05) is 20.8 Å². The van der Waals surface area contributed by atoms with Crippen molar-refractivity contribution in [1.29, 1.82) is 5.41 Å². The fourth-order valence-corrected chi connectivity index (χ4v) is 4.07. The Kier molecular flexibility index (Phi) is 4.19. The Balaban J connectivity index is 2.72. The zero-order valence-electron chi connectivity index (χ0n) is 10.9. The van der Waals surface area contributed by atoms with Crippen molar-refractivity contribution in [3.63, 3.8) is 0 Å². The Bertz CT molecular complexity index is 380. The summed E-state index contributed by atoms with van der Waals surface area (Å²) in [6.07, 6.45) is 2.18. The molecule has 1 aliphatic rings. The first-order chi connectivity index (χ1) is 7.62. The predicted molar refractivity (Wildman–Crippen MR) is 69.5 cm³/mol. The smallest absolute Gasteiger partial charge is 0.214 e. The molecule has 0 radical (unpaired) electrons. The molecule has 0 saturated heterocycles. The van der Waals surface area contributed by atoms with Crippen molar-refractivity contribution in [1.82, 2.24) is 4.31 Å². The van der Waals surface area contributed by atoms with Gasteiger partial charge >= 0.3 is 0 Å². The molecule has 0 unspecified atom stereocenters. The van der Waals surface area contributed by atoms with Crippen LogP contribution < -0.4 is 5.73 Å². The molecule has 0 atom stereocenters. The van der Waals surface area contributed by atoms with Crippen molar-refractivity contribution in [2.45, 2.75) is 46.1 Å². The topological polar surface area (TPSA) is 87.2 Å². The molecule has 1 rings (SSSR count). The Morgan fingerprint density at radius 2 is 1.94 bits per heavy atom. The number of hydrogen-bond acceptors (Lipinski definition) is 3. The van der Waals surface area contributed by atoms with Crippen LogP contribution in [0.1, 0.15) is 40.0 Å². The zero-order chi connectivity index (χ0) is 13.3. The molecule has 0 bridgehead atoms. The molecule has 0 aliphatic heterocycles. The Labute approximate surface area is 104 Å². The van der Waals surface area contributed by atoms with Gasteiger partial charge in [-0.25, -0.2) is 8.42 Å². The van der Waals surface area contributed by atoms with E-state index in [9.17, 15) is 8.42 Å². The number of nitrogens with two attached hydrogens (primary N) is 1. The summed E-state index contributed by atoms with van der Waals surface area (Å²) in [4.78, 5) is 0. The molecule has 0 amide bonds. The summed E-state index contributed by atoms with van der Waals surface area (Å²) in [5.41, 5.74) is 5.05. The quantitative estimate of drug-likeness (QED) is 0.555. The summed E-state index contributed by atoms with van der Waals surface area (Å²) in [7, 11) is -3.23. The molecule has 5 nitrogen and oxygen atoms in total. The van der Waals surface area contributed by atoms with E-state index in [0.29, 0.717) is 13.0 Å². The third kappa shape index (κ3) is 5.04. The minimum absolute atomic E-state index is 0.0432. The van der Waals surface area contributed by atoms with Gasteiger partial charge in [-0.2, -0.15) is 4.31 Å². The molecule has 17 heavy (non-hydrogen) atoms. The van der Waals surface area contributed by atoms with Crippen molar-refractivity contribution in [3.05, 3.63) is 0 Å². The lowest BCUT2D eigenvalue weighted by Gasteiger charge is -2.26. The molecule has 0 heterocycles. The van der Waals surface area contributed by atoms with E-state index in [-0.39, 0.29) is 23.0 Å². The van der Waals surface area contributed by atoms with Crippen molar-refractivity contribution in [2.24, 2.45) is 11.1 Å². The van der Waals surface area contributed by atoms with Crippen LogP contribution in [0.25, 0.3) is 0 Å². The van der Waals surface area contributed by atoms with Crippen LogP contribution in [0.2, 0.25) is 0 Å². The van der Waals surface area contributed by atoms with Gasteiger partial charge in [0, 0.05) is 19.0 Å². The minimum atomic E-state index is -3.23. The Morgan fingerprint density at radius 3 is 2.29 bits per heavy atom. The second kappa shape index (κ2) is 4.94. The Hall–Kier alpha value is -0.620. The molecule has 0 spiro atoms. The van der Waals surface area contributed by atoms with E-state index in [0.717, 1.165) is 12.8 Å². The average Bonchev–Trinajstić information content (AvgIpc) is 2.81. The second-order valence-corrected chi connectivity index (χ2v) is 7.86. The van der Waals surface area contributed by atoms with E-state index in [1.165, 1.54) is 0 Å². The van der Waals surface area contributed by atoms with Gasteiger partial charge in [-0.3, -0.25) is 5.41 Å². The summed E-state index contributed by atoms with van der Waals surface area (Å²) in [5.74, 6) is 0.190. The first kappa shape index (κ1) is 14.4. The van der Waals surface area contributed by atoms with E-state index in [4.69, 9.17) is 11.1 Å². The van der Waals surface area contributed by atoms with Crippen molar-refractivity contribution in [3.8, 4) is 0 Å². The van der Waals surface area contributed by atoms with Gasteiger partial charge in [0.25, 0.3) is 0 Å². The first-order valence-electron chi connectivity index (χ1n) is 5.94. The van der Waals surface area contributed by atoms with Crippen LogP contribution in [0.4, 0.5) is 0 Å². The third-order valence-corrected chi connectivity index (χ3v) is 4.95. The lowest BCUT2D eigenvalue weighted by molar-refractivity contribution is 0.388. The van der Waals surface area contributed by atoms with Gasteiger partial charge in [0.05, 0.1) is 11.6 Å². The van der Waals surface area contributed by atoms with Crippen molar-refractivity contribution in [2.75, 3.05) is 12.3 Å². The molecule has 1 aliphatic carbocycles. The molecule has 0 aromatic heterocycles. The van der Waals surface area contributed by atoms with Gasteiger partial charge in [0.15, 0.2) is 0 Å². The minimum Gasteiger partial charge on any atom is -0.388 e. The number of hydrogen-bond donors (Lipinski definition) is 2. The summed E-state index contributed by atoms with van der Waals surface area (Å²) in [6, 6.07) is 0.140. The lowest BCUT2D eigenvalue weighted by atomic mass is 10.0. The number of rotatable bonds is 6. The van der Waals surface area contributed by atoms with Crippen LogP contribution in [0.3, 0.4) is 0 Å². The van der Waals surface area contributed by atoms with Gasteiger partial charge in [-0.15, -0.1) is 0 Å². The lowest BCUT2D eigenvalue weighted by Crippen LogP contribution is -2.40. The highest BCUT2D eigenvalue weighted by atomic mass is 32.2. The molecule has 0 aromatic rings. The first-order valence-corrected chi connectivity index (χ1v) is 7.55. The summed E-state index contributed by atoms with van der Waals surface area (Å²) in [5, 5.41) is 7.19. The maximum Gasteiger partial charge on any atom is 0.214 e. The summed E-state index contributed by atoms with van der Waals surface area (Å²) >= 11 is 0. The van der Waals surface area contributed by atoms with Crippen LogP contribution in [-0.2, 0) is 10.0 Å². The van der Waals surface area contributed by atoms with Crippen molar-refractivity contribution < 1.29 is 8.42 Å². The van der Waals surface area contributed by atoms with Crippen LogP contribution in [-0.4, -0.2) is 36.9 Å². The van der Waals surface area contributed by atoms with E-state index in [2.05, 4.69) is 0 Å². The predicted octanol–water partition coefficient (Wildman–Crippen LogP) is 1.15. The normalized spacial score (nSPS) is 17.4. The SMILES string of the molecule is CC(C)(C)CS(=O)(=O)N(CCC(=N)N)C1CC1. The molecule has 100 valence electrons.